The van der Waals surface area contributed by atoms with E-state index in [9.17, 15) is 17.2 Å². The number of rotatable bonds is 3. The fourth-order valence-corrected chi connectivity index (χ4v) is 4.64. The fraction of sp³-hybridized carbons (Fsp3) is 0. The van der Waals surface area contributed by atoms with Gasteiger partial charge in [-0.05, 0) is 39.5 Å². The van der Waals surface area contributed by atoms with E-state index >= 15 is 0 Å². The first-order valence-electron chi connectivity index (χ1n) is 4.61. The van der Waals surface area contributed by atoms with Crippen molar-refractivity contribution in [2.24, 2.45) is 0 Å². The monoisotopic (exact) mass is 353 g/mol. The molecule has 1 aromatic carbocycles. The molecule has 2 rings (SSSR count). The molecule has 18 heavy (non-hydrogen) atoms. The zero-order valence-corrected chi connectivity index (χ0v) is 11.9. The van der Waals surface area contributed by atoms with Gasteiger partial charge in [0.1, 0.15) is 11.6 Å². The molecule has 3 nitrogen and oxygen atoms in total. The lowest BCUT2D eigenvalue weighted by Gasteiger charge is -2.07. The van der Waals surface area contributed by atoms with E-state index in [0.717, 1.165) is 29.5 Å². The molecule has 8 heteroatoms. The van der Waals surface area contributed by atoms with Crippen molar-refractivity contribution in [3.63, 3.8) is 0 Å². The zero-order valence-electron chi connectivity index (χ0n) is 8.65. The van der Waals surface area contributed by atoms with E-state index in [1.54, 1.807) is 11.4 Å². The van der Waals surface area contributed by atoms with Crippen molar-refractivity contribution in [1.29, 1.82) is 0 Å². The van der Waals surface area contributed by atoms with Gasteiger partial charge in [-0.2, -0.15) is 0 Å². The van der Waals surface area contributed by atoms with Gasteiger partial charge in [0.25, 0.3) is 10.0 Å². The summed E-state index contributed by atoms with van der Waals surface area (Å²) in [5.74, 6) is -1.56. The Kier molecular flexibility index (Phi) is 3.69. The molecule has 96 valence electrons. The predicted molar refractivity (Wildman–Crippen MR) is 69.2 cm³/mol. The first-order chi connectivity index (χ1) is 8.40. The minimum atomic E-state index is -3.92. The van der Waals surface area contributed by atoms with Crippen LogP contribution in [0.2, 0.25) is 0 Å². The van der Waals surface area contributed by atoms with Crippen LogP contribution in [0.4, 0.5) is 14.5 Å². The summed E-state index contributed by atoms with van der Waals surface area (Å²) in [7, 11) is -3.92. The Hall–Kier alpha value is -0.990. The first kappa shape index (κ1) is 13.4. The van der Waals surface area contributed by atoms with Crippen LogP contribution >= 0.6 is 27.3 Å². The summed E-state index contributed by atoms with van der Waals surface area (Å²) in [6.45, 7) is 0. The molecule has 0 amide bonds. The second-order valence-electron chi connectivity index (χ2n) is 3.29. The highest BCUT2D eigenvalue weighted by Crippen LogP contribution is 2.29. The van der Waals surface area contributed by atoms with E-state index in [4.69, 9.17) is 0 Å². The highest BCUT2D eigenvalue weighted by Gasteiger charge is 2.20. The van der Waals surface area contributed by atoms with Gasteiger partial charge in [0, 0.05) is 10.5 Å². The summed E-state index contributed by atoms with van der Waals surface area (Å²) in [6, 6.07) is 4.11. The van der Waals surface area contributed by atoms with Crippen molar-refractivity contribution in [3.8, 4) is 0 Å². The van der Waals surface area contributed by atoms with Crippen LogP contribution in [0, 0.1) is 11.6 Å². The van der Waals surface area contributed by atoms with Crippen LogP contribution in [0.25, 0.3) is 0 Å². The zero-order chi connectivity index (χ0) is 13.3. The van der Waals surface area contributed by atoms with Crippen molar-refractivity contribution in [2.75, 3.05) is 4.72 Å². The fourth-order valence-electron chi connectivity index (χ4n) is 1.24. The van der Waals surface area contributed by atoms with Crippen molar-refractivity contribution >= 4 is 43.0 Å². The van der Waals surface area contributed by atoms with Crippen molar-refractivity contribution in [3.05, 3.63) is 45.8 Å². The van der Waals surface area contributed by atoms with E-state index in [2.05, 4.69) is 15.9 Å². The largest absolute Gasteiger partial charge is 0.276 e. The van der Waals surface area contributed by atoms with Gasteiger partial charge in [-0.15, -0.1) is 11.3 Å². The van der Waals surface area contributed by atoms with Gasteiger partial charge in [0.05, 0.1) is 5.69 Å². The molecule has 0 saturated heterocycles. The predicted octanol–water partition coefficient (Wildman–Crippen LogP) is 3.59. The molecule has 1 N–H and O–H groups in total. The van der Waals surface area contributed by atoms with Crippen LogP contribution < -0.4 is 4.72 Å². The Bertz CT molecular complexity index is 685. The van der Waals surface area contributed by atoms with Gasteiger partial charge in [0.2, 0.25) is 0 Å². The SMILES string of the molecule is O=S(=O)(Nc1cc(F)ccc1F)c1sccc1Br. The lowest BCUT2D eigenvalue weighted by Crippen LogP contribution is -2.13. The molecular formula is C10H6BrF2NO2S2. The average molecular weight is 354 g/mol. The van der Waals surface area contributed by atoms with Crippen molar-refractivity contribution in [1.82, 2.24) is 0 Å². The van der Waals surface area contributed by atoms with E-state index < -0.39 is 27.3 Å². The summed E-state index contributed by atoms with van der Waals surface area (Å²) in [6.07, 6.45) is 0. The van der Waals surface area contributed by atoms with Crippen LogP contribution in [0.3, 0.4) is 0 Å². The Morgan fingerprint density at radius 3 is 2.56 bits per heavy atom. The molecule has 0 saturated carbocycles. The van der Waals surface area contributed by atoms with Gasteiger partial charge >= 0.3 is 0 Å². The summed E-state index contributed by atoms with van der Waals surface area (Å²) < 4.78 is 52.5. The normalized spacial score (nSPS) is 11.5. The topological polar surface area (TPSA) is 46.2 Å². The van der Waals surface area contributed by atoms with Crippen molar-refractivity contribution < 1.29 is 17.2 Å². The molecular weight excluding hydrogens is 348 g/mol. The van der Waals surface area contributed by atoms with E-state index in [1.807, 2.05) is 4.72 Å². The number of hydrogen-bond acceptors (Lipinski definition) is 3. The Morgan fingerprint density at radius 2 is 1.94 bits per heavy atom. The van der Waals surface area contributed by atoms with Gasteiger partial charge in [-0.25, -0.2) is 17.2 Å². The first-order valence-corrected chi connectivity index (χ1v) is 7.76. The maximum absolute atomic E-state index is 13.3. The molecule has 2 aromatic rings. The number of halogens is 3. The molecule has 0 fully saturated rings. The lowest BCUT2D eigenvalue weighted by atomic mass is 10.3. The van der Waals surface area contributed by atoms with Crippen LogP contribution in [0.15, 0.2) is 38.3 Å². The van der Waals surface area contributed by atoms with Gasteiger partial charge in [-0.3, -0.25) is 4.72 Å². The van der Waals surface area contributed by atoms with E-state index in [1.165, 1.54) is 0 Å². The van der Waals surface area contributed by atoms with Gasteiger partial charge in [0.15, 0.2) is 4.21 Å². The van der Waals surface area contributed by atoms with E-state index in [-0.39, 0.29) is 4.21 Å². The third-order valence-electron chi connectivity index (χ3n) is 2.00. The molecule has 0 radical (unpaired) electrons. The van der Waals surface area contributed by atoms with Crippen LogP contribution in [0.1, 0.15) is 0 Å². The number of nitrogens with one attached hydrogen (secondary N) is 1. The summed E-state index contributed by atoms with van der Waals surface area (Å²) in [5.41, 5.74) is -0.421. The van der Waals surface area contributed by atoms with Crippen LogP contribution in [-0.4, -0.2) is 8.42 Å². The van der Waals surface area contributed by atoms with Crippen LogP contribution in [0.5, 0.6) is 0 Å². The highest BCUT2D eigenvalue weighted by atomic mass is 79.9. The smallest absolute Gasteiger partial charge is 0.272 e. The van der Waals surface area contributed by atoms with E-state index in [0.29, 0.717) is 4.47 Å². The molecule has 0 aliphatic rings. The molecule has 0 aliphatic carbocycles. The summed E-state index contributed by atoms with van der Waals surface area (Å²) in [5, 5.41) is 1.57. The third kappa shape index (κ3) is 2.70. The van der Waals surface area contributed by atoms with Gasteiger partial charge < -0.3 is 0 Å². The number of thiophene rings is 1. The average Bonchev–Trinajstić information content (AvgIpc) is 2.70. The van der Waals surface area contributed by atoms with Crippen LogP contribution in [-0.2, 0) is 10.0 Å². The third-order valence-corrected chi connectivity index (χ3v) is 6.04. The highest BCUT2D eigenvalue weighted by molar-refractivity contribution is 9.10. The maximum Gasteiger partial charge on any atom is 0.272 e. The second-order valence-corrected chi connectivity index (χ2v) is 6.93. The summed E-state index contributed by atoms with van der Waals surface area (Å²) in [4.78, 5) is 0. The molecule has 1 aromatic heterocycles. The standard InChI is InChI=1S/C10H6BrF2NO2S2/c11-7-3-4-17-10(7)18(15,16)14-9-5-6(12)1-2-8(9)13/h1-5,14H. The van der Waals surface area contributed by atoms with Crippen molar-refractivity contribution in [2.45, 2.75) is 4.21 Å². The van der Waals surface area contributed by atoms with Gasteiger partial charge in [-0.1, -0.05) is 0 Å². The quantitative estimate of drug-likeness (QED) is 0.916. The number of sulfonamides is 1. The molecule has 0 aliphatic heterocycles. The molecule has 0 spiro atoms. The number of hydrogen-bond donors (Lipinski definition) is 1. The molecule has 0 bridgehead atoms. The Morgan fingerprint density at radius 1 is 1.22 bits per heavy atom. The molecule has 1 heterocycles. The number of anilines is 1. The minimum absolute atomic E-state index is 0.00570. The Balaban J connectivity index is 2.40. The lowest BCUT2D eigenvalue weighted by molar-refractivity contribution is 0.595. The second kappa shape index (κ2) is 4.94. The molecule has 0 atom stereocenters. The number of benzene rings is 1. The maximum atomic E-state index is 13.3. The minimum Gasteiger partial charge on any atom is -0.276 e. The Labute approximate surface area is 115 Å². The molecule has 0 unspecified atom stereocenters. The summed E-state index contributed by atoms with van der Waals surface area (Å²) >= 11 is 4.04.